The number of halogens is 1. The van der Waals surface area contributed by atoms with Gasteiger partial charge in [0.1, 0.15) is 11.5 Å². The van der Waals surface area contributed by atoms with E-state index in [-0.39, 0.29) is 11.5 Å². The highest BCUT2D eigenvalue weighted by Gasteiger charge is 2.11. The first-order valence-electron chi connectivity index (χ1n) is 5.20. The van der Waals surface area contributed by atoms with E-state index in [0.29, 0.717) is 6.42 Å². The minimum Gasteiger partial charge on any atom is -0.477 e. The standard InChI is InChI=1S/C13H12FNO2/c1-15-11(5-6-12(15)13(16)17)8-9-3-2-4-10(14)7-9/h2-7H,8H2,1H3,(H,16,17). The van der Waals surface area contributed by atoms with Crippen LogP contribution in [0.4, 0.5) is 4.39 Å². The quantitative estimate of drug-likeness (QED) is 0.884. The van der Waals surface area contributed by atoms with Crippen LogP contribution in [0, 0.1) is 5.82 Å². The third kappa shape index (κ3) is 2.36. The van der Waals surface area contributed by atoms with Crippen molar-refractivity contribution in [1.82, 2.24) is 4.57 Å². The maximum atomic E-state index is 13.0. The Hall–Kier alpha value is -2.10. The number of benzene rings is 1. The van der Waals surface area contributed by atoms with Gasteiger partial charge in [-0.15, -0.1) is 0 Å². The van der Waals surface area contributed by atoms with Gasteiger partial charge in [0.25, 0.3) is 0 Å². The Bertz CT molecular complexity index is 560. The molecule has 0 atom stereocenters. The lowest BCUT2D eigenvalue weighted by atomic mass is 10.1. The monoisotopic (exact) mass is 233 g/mol. The van der Waals surface area contributed by atoms with Gasteiger partial charge in [0.15, 0.2) is 0 Å². The minimum absolute atomic E-state index is 0.233. The summed E-state index contributed by atoms with van der Waals surface area (Å²) in [7, 11) is 1.69. The van der Waals surface area contributed by atoms with Crippen LogP contribution in [0.2, 0.25) is 0 Å². The summed E-state index contributed by atoms with van der Waals surface area (Å²) in [4.78, 5) is 10.9. The molecule has 0 saturated carbocycles. The van der Waals surface area contributed by atoms with Crippen molar-refractivity contribution in [3.63, 3.8) is 0 Å². The Balaban J connectivity index is 2.28. The second kappa shape index (κ2) is 4.41. The Morgan fingerprint density at radius 1 is 1.35 bits per heavy atom. The summed E-state index contributed by atoms with van der Waals surface area (Å²) in [5.41, 5.74) is 1.90. The van der Waals surface area contributed by atoms with Gasteiger partial charge in [-0.1, -0.05) is 12.1 Å². The fourth-order valence-electron chi connectivity index (χ4n) is 1.80. The van der Waals surface area contributed by atoms with E-state index in [0.717, 1.165) is 11.3 Å². The highest BCUT2D eigenvalue weighted by atomic mass is 19.1. The third-order valence-corrected chi connectivity index (χ3v) is 2.72. The summed E-state index contributed by atoms with van der Waals surface area (Å²) in [6.45, 7) is 0. The van der Waals surface area contributed by atoms with Gasteiger partial charge in [-0.2, -0.15) is 0 Å². The zero-order valence-electron chi connectivity index (χ0n) is 9.35. The van der Waals surface area contributed by atoms with Crippen LogP contribution in [0.5, 0.6) is 0 Å². The molecule has 0 spiro atoms. The Morgan fingerprint density at radius 2 is 2.12 bits per heavy atom. The molecule has 0 radical (unpaired) electrons. The van der Waals surface area contributed by atoms with E-state index in [4.69, 9.17) is 5.11 Å². The molecular formula is C13H12FNO2. The second-order valence-electron chi connectivity index (χ2n) is 3.88. The van der Waals surface area contributed by atoms with Crippen molar-refractivity contribution < 1.29 is 14.3 Å². The first-order valence-corrected chi connectivity index (χ1v) is 5.20. The average Bonchev–Trinajstić information content (AvgIpc) is 2.61. The normalized spacial score (nSPS) is 10.5. The van der Waals surface area contributed by atoms with Gasteiger partial charge in [0.2, 0.25) is 0 Å². The van der Waals surface area contributed by atoms with Gasteiger partial charge in [-0.25, -0.2) is 9.18 Å². The molecule has 3 nitrogen and oxygen atoms in total. The van der Waals surface area contributed by atoms with Crippen LogP contribution >= 0.6 is 0 Å². The molecule has 0 saturated heterocycles. The second-order valence-corrected chi connectivity index (χ2v) is 3.88. The zero-order chi connectivity index (χ0) is 12.4. The number of nitrogens with zero attached hydrogens (tertiary/aromatic N) is 1. The molecule has 1 aromatic heterocycles. The summed E-state index contributed by atoms with van der Waals surface area (Å²) >= 11 is 0. The number of carboxylic acids is 1. The zero-order valence-corrected chi connectivity index (χ0v) is 9.35. The van der Waals surface area contributed by atoms with Gasteiger partial charge in [0, 0.05) is 19.2 Å². The molecule has 1 aromatic carbocycles. The van der Waals surface area contributed by atoms with E-state index in [1.54, 1.807) is 29.8 Å². The molecule has 17 heavy (non-hydrogen) atoms. The predicted octanol–water partition coefficient (Wildman–Crippen LogP) is 2.45. The van der Waals surface area contributed by atoms with Crippen LogP contribution in [-0.4, -0.2) is 15.6 Å². The van der Waals surface area contributed by atoms with E-state index in [9.17, 15) is 9.18 Å². The number of aromatic nitrogens is 1. The third-order valence-electron chi connectivity index (χ3n) is 2.72. The first kappa shape index (κ1) is 11.4. The number of hydrogen-bond acceptors (Lipinski definition) is 1. The average molecular weight is 233 g/mol. The van der Waals surface area contributed by atoms with Crippen molar-refractivity contribution in [3.05, 3.63) is 59.2 Å². The van der Waals surface area contributed by atoms with E-state index in [1.165, 1.54) is 12.1 Å². The van der Waals surface area contributed by atoms with Gasteiger partial charge >= 0.3 is 5.97 Å². The lowest BCUT2D eigenvalue weighted by Gasteiger charge is -2.05. The van der Waals surface area contributed by atoms with Crippen molar-refractivity contribution in [1.29, 1.82) is 0 Å². The smallest absolute Gasteiger partial charge is 0.352 e. The minimum atomic E-state index is -0.960. The van der Waals surface area contributed by atoms with Crippen LogP contribution in [0.3, 0.4) is 0 Å². The molecule has 0 aliphatic carbocycles. The Morgan fingerprint density at radius 3 is 2.71 bits per heavy atom. The van der Waals surface area contributed by atoms with E-state index >= 15 is 0 Å². The number of carbonyl (C=O) groups is 1. The lowest BCUT2D eigenvalue weighted by molar-refractivity contribution is 0.0686. The van der Waals surface area contributed by atoms with E-state index in [1.807, 2.05) is 6.07 Å². The van der Waals surface area contributed by atoms with Crippen molar-refractivity contribution in [2.45, 2.75) is 6.42 Å². The molecule has 0 bridgehead atoms. The molecule has 88 valence electrons. The Kier molecular flexibility index (Phi) is 2.95. The van der Waals surface area contributed by atoms with Crippen LogP contribution in [0.15, 0.2) is 36.4 Å². The fourth-order valence-corrected chi connectivity index (χ4v) is 1.80. The van der Waals surface area contributed by atoms with E-state index < -0.39 is 5.97 Å². The molecule has 2 rings (SSSR count). The summed E-state index contributed by atoms with van der Waals surface area (Å²) in [5, 5.41) is 8.91. The van der Waals surface area contributed by atoms with Gasteiger partial charge in [-0.3, -0.25) is 0 Å². The SMILES string of the molecule is Cn1c(Cc2cccc(F)c2)ccc1C(=O)O. The van der Waals surface area contributed by atoms with Crippen molar-refractivity contribution in [3.8, 4) is 0 Å². The maximum Gasteiger partial charge on any atom is 0.352 e. The maximum absolute atomic E-state index is 13.0. The Labute approximate surface area is 98.1 Å². The molecule has 0 aliphatic heterocycles. The number of carboxylic acid groups (broad SMARTS) is 1. The topological polar surface area (TPSA) is 42.2 Å². The summed E-state index contributed by atoms with van der Waals surface area (Å²) in [6.07, 6.45) is 0.515. The first-order chi connectivity index (χ1) is 8.08. The fraction of sp³-hybridized carbons (Fsp3) is 0.154. The summed E-state index contributed by atoms with van der Waals surface area (Å²) in [6, 6.07) is 9.60. The summed E-state index contributed by atoms with van der Waals surface area (Å²) < 4.78 is 14.6. The molecular weight excluding hydrogens is 221 g/mol. The van der Waals surface area contributed by atoms with Crippen LogP contribution in [0.1, 0.15) is 21.7 Å². The van der Waals surface area contributed by atoms with Gasteiger partial charge in [-0.05, 0) is 29.8 Å². The molecule has 4 heteroatoms. The predicted molar refractivity (Wildman–Crippen MR) is 61.6 cm³/mol. The van der Waals surface area contributed by atoms with Crippen LogP contribution in [-0.2, 0) is 13.5 Å². The molecule has 1 N–H and O–H groups in total. The van der Waals surface area contributed by atoms with Crippen molar-refractivity contribution >= 4 is 5.97 Å². The van der Waals surface area contributed by atoms with Crippen LogP contribution < -0.4 is 0 Å². The van der Waals surface area contributed by atoms with Gasteiger partial charge < -0.3 is 9.67 Å². The van der Waals surface area contributed by atoms with Crippen molar-refractivity contribution in [2.75, 3.05) is 0 Å². The summed E-state index contributed by atoms with van der Waals surface area (Å²) in [5.74, 6) is -1.24. The number of aromatic carboxylic acids is 1. The molecule has 0 fully saturated rings. The molecule has 0 unspecified atom stereocenters. The highest BCUT2D eigenvalue weighted by molar-refractivity contribution is 5.86. The molecule has 0 amide bonds. The number of hydrogen-bond donors (Lipinski definition) is 1. The van der Waals surface area contributed by atoms with Gasteiger partial charge in [0.05, 0.1) is 0 Å². The van der Waals surface area contributed by atoms with E-state index in [2.05, 4.69) is 0 Å². The largest absolute Gasteiger partial charge is 0.477 e. The number of rotatable bonds is 3. The molecule has 0 aliphatic rings. The molecule has 1 heterocycles. The lowest BCUT2D eigenvalue weighted by Crippen LogP contribution is -2.07. The molecule has 2 aromatic rings. The highest BCUT2D eigenvalue weighted by Crippen LogP contribution is 2.13. The van der Waals surface area contributed by atoms with Crippen molar-refractivity contribution in [2.24, 2.45) is 7.05 Å². The van der Waals surface area contributed by atoms with Crippen LogP contribution in [0.25, 0.3) is 0 Å².